The predicted molar refractivity (Wildman–Crippen MR) is 127 cm³/mol. The Balaban J connectivity index is 1.29. The zero-order valence-corrected chi connectivity index (χ0v) is 19.7. The average Bonchev–Trinajstić information content (AvgIpc) is 2.79. The van der Waals surface area contributed by atoms with Crippen molar-refractivity contribution in [1.29, 1.82) is 0 Å². The number of carbonyl (C=O) groups is 3. The summed E-state index contributed by atoms with van der Waals surface area (Å²) < 4.78 is 0.677. The second kappa shape index (κ2) is 9.32. The number of nitrogen functional groups attached to an aromatic ring is 1. The molecule has 4 rings (SSSR count). The van der Waals surface area contributed by atoms with E-state index in [1.54, 1.807) is 18.2 Å². The second-order valence-corrected chi connectivity index (χ2v) is 9.29. The maximum Gasteiger partial charge on any atom is 0.322 e. The van der Waals surface area contributed by atoms with Crippen molar-refractivity contribution in [2.45, 2.75) is 45.2 Å². The van der Waals surface area contributed by atoms with Crippen LogP contribution in [0.4, 0.5) is 16.2 Å². The summed E-state index contributed by atoms with van der Waals surface area (Å²) in [4.78, 5) is 41.4. The Kier molecular flexibility index (Phi) is 6.50. The van der Waals surface area contributed by atoms with Gasteiger partial charge in [0, 0.05) is 54.2 Å². The maximum absolute atomic E-state index is 12.7. The zero-order valence-electron chi connectivity index (χ0n) is 18.1. The Morgan fingerprint density at radius 3 is 2.62 bits per heavy atom. The molecular formula is C24H27BrN4O3. The fourth-order valence-corrected chi connectivity index (χ4v) is 4.80. The Labute approximate surface area is 196 Å². The van der Waals surface area contributed by atoms with E-state index in [1.807, 2.05) is 34.9 Å². The number of halogens is 1. The summed E-state index contributed by atoms with van der Waals surface area (Å²) in [5.41, 5.74) is 9.98. The van der Waals surface area contributed by atoms with Crippen LogP contribution >= 0.6 is 15.9 Å². The number of hydrogen-bond donors (Lipinski definition) is 2. The van der Waals surface area contributed by atoms with Crippen LogP contribution in [0.1, 0.15) is 47.2 Å². The maximum atomic E-state index is 12.7. The van der Waals surface area contributed by atoms with Crippen LogP contribution in [0, 0.1) is 6.92 Å². The smallest absolute Gasteiger partial charge is 0.322 e. The number of anilines is 2. The van der Waals surface area contributed by atoms with Crippen LogP contribution in [-0.2, 0) is 11.3 Å². The normalized spacial score (nSPS) is 16.5. The van der Waals surface area contributed by atoms with Crippen molar-refractivity contribution < 1.29 is 14.4 Å². The van der Waals surface area contributed by atoms with Crippen LogP contribution in [0.15, 0.2) is 40.9 Å². The van der Waals surface area contributed by atoms with Gasteiger partial charge in [-0.25, -0.2) is 4.79 Å². The lowest BCUT2D eigenvalue weighted by atomic mass is 9.99. The monoisotopic (exact) mass is 498 g/mol. The van der Waals surface area contributed by atoms with Crippen LogP contribution in [0.5, 0.6) is 0 Å². The fourth-order valence-electron chi connectivity index (χ4n) is 4.42. The highest BCUT2D eigenvalue weighted by Gasteiger charge is 2.33. The molecule has 0 aromatic heterocycles. The lowest BCUT2D eigenvalue weighted by molar-refractivity contribution is -0.132. The first-order valence-corrected chi connectivity index (χ1v) is 11.6. The average molecular weight is 499 g/mol. The molecule has 0 saturated carbocycles. The van der Waals surface area contributed by atoms with Gasteiger partial charge in [-0.2, -0.15) is 0 Å². The number of hydrogen-bond acceptors (Lipinski definition) is 4. The molecule has 0 bridgehead atoms. The number of para-hydroxylation sites is 1. The van der Waals surface area contributed by atoms with E-state index in [2.05, 4.69) is 21.2 Å². The van der Waals surface area contributed by atoms with Gasteiger partial charge >= 0.3 is 6.03 Å². The van der Waals surface area contributed by atoms with E-state index in [4.69, 9.17) is 5.73 Å². The molecule has 3 amide bonds. The summed E-state index contributed by atoms with van der Waals surface area (Å²) in [6.07, 6.45) is 1.82. The van der Waals surface area contributed by atoms with Gasteiger partial charge in [0.25, 0.3) is 0 Å². The molecule has 2 aromatic rings. The Morgan fingerprint density at radius 2 is 1.91 bits per heavy atom. The number of nitrogens with two attached hydrogens (primary N) is 1. The number of fused-ring (bicyclic) bond motifs is 1. The van der Waals surface area contributed by atoms with E-state index in [0.717, 1.165) is 29.7 Å². The summed E-state index contributed by atoms with van der Waals surface area (Å²) in [7, 11) is 0. The minimum absolute atomic E-state index is 0.0182. The first-order chi connectivity index (χ1) is 15.3. The minimum atomic E-state index is -0.0760. The second-order valence-electron chi connectivity index (χ2n) is 8.44. The lowest BCUT2D eigenvalue weighted by Gasteiger charge is -2.41. The van der Waals surface area contributed by atoms with Crippen molar-refractivity contribution in [3.8, 4) is 0 Å². The minimum Gasteiger partial charge on any atom is -0.398 e. The molecule has 0 atom stereocenters. The molecule has 0 spiro atoms. The number of carbonyl (C=O) groups excluding carboxylic acids is 3. The van der Waals surface area contributed by atoms with Gasteiger partial charge in [0.1, 0.15) is 0 Å². The number of nitrogens with one attached hydrogen (secondary N) is 1. The van der Waals surface area contributed by atoms with Gasteiger partial charge in [-0.15, -0.1) is 0 Å². The van der Waals surface area contributed by atoms with E-state index in [9.17, 15) is 14.4 Å². The van der Waals surface area contributed by atoms with Crippen LogP contribution in [0.3, 0.4) is 0 Å². The molecule has 1 fully saturated rings. The van der Waals surface area contributed by atoms with E-state index >= 15 is 0 Å². The van der Waals surface area contributed by atoms with E-state index in [0.29, 0.717) is 35.4 Å². The Bertz CT molecular complexity index is 1060. The molecule has 2 heterocycles. The molecule has 2 aliphatic rings. The SMILES string of the molecule is Cc1cccc2c1NC(=O)N(C1CCN(C(=O)CCC(=O)c3ccc(N)c(Br)c3)CC1)C2. The van der Waals surface area contributed by atoms with Gasteiger partial charge in [0.15, 0.2) is 5.78 Å². The first-order valence-electron chi connectivity index (χ1n) is 10.9. The van der Waals surface area contributed by atoms with Gasteiger partial charge in [0.2, 0.25) is 5.91 Å². The van der Waals surface area contributed by atoms with Gasteiger partial charge in [-0.3, -0.25) is 9.59 Å². The van der Waals surface area contributed by atoms with Crippen molar-refractivity contribution in [3.63, 3.8) is 0 Å². The molecule has 32 heavy (non-hydrogen) atoms. The molecule has 7 nitrogen and oxygen atoms in total. The fraction of sp³-hybridized carbons (Fsp3) is 0.375. The van der Waals surface area contributed by atoms with Gasteiger partial charge in [-0.05, 0) is 65.0 Å². The summed E-state index contributed by atoms with van der Waals surface area (Å²) in [6, 6.07) is 11.1. The topological polar surface area (TPSA) is 95.7 Å². The molecule has 0 unspecified atom stereocenters. The van der Waals surface area contributed by atoms with E-state index < -0.39 is 0 Å². The summed E-state index contributed by atoms with van der Waals surface area (Å²) in [5.74, 6) is -0.0942. The largest absolute Gasteiger partial charge is 0.398 e. The Morgan fingerprint density at radius 1 is 1.16 bits per heavy atom. The molecule has 168 valence electrons. The van der Waals surface area contributed by atoms with Gasteiger partial charge in [-0.1, -0.05) is 18.2 Å². The number of likely N-dealkylation sites (tertiary alicyclic amines) is 1. The number of benzene rings is 2. The molecule has 0 radical (unpaired) electrons. The third-order valence-electron chi connectivity index (χ3n) is 6.34. The number of amides is 3. The summed E-state index contributed by atoms with van der Waals surface area (Å²) >= 11 is 3.33. The van der Waals surface area contributed by atoms with Crippen molar-refractivity contribution in [2.24, 2.45) is 0 Å². The Hall–Kier alpha value is -2.87. The molecule has 8 heteroatoms. The summed E-state index contributed by atoms with van der Waals surface area (Å²) in [6.45, 7) is 3.77. The number of nitrogens with zero attached hydrogens (tertiary/aromatic N) is 2. The molecule has 2 aromatic carbocycles. The zero-order chi connectivity index (χ0) is 22.8. The molecule has 3 N–H and O–H groups in total. The molecular weight excluding hydrogens is 472 g/mol. The lowest BCUT2D eigenvalue weighted by Crippen LogP contribution is -2.51. The van der Waals surface area contributed by atoms with Crippen LogP contribution in [-0.4, -0.2) is 46.7 Å². The number of ketones is 1. The first kappa shape index (κ1) is 22.3. The summed E-state index contributed by atoms with van der Waals surface area (Å²) in [5, 5.41) is 3.02. The van der Waals surface area contributed by atoms with Crippen LogP contribution < -0.4 is 11.1 Å². The van der Waals surface area contributed by atoms with Crippen molar-refractivity contribution in [3.05, 3.63) is 57.6 Å². The van der Waals surface area contributed by atoms with Crippen LogP contribution in [0.2, 0.25) is 0 Å². The van der Waals surface area contributed by atoms with E-state index in [-0.39, 0.29) is 36.6 Å². The number of piperidine rings is 1. The third-order valence-corrected chi connectivity index (χ3v) is 7.03. The van der Waals surface area contributed by atoms with Crippen molar-refractivity contribution in [2.75, 3.05) is 24.1 Å². The number of aryl methyl sites for hydroxylation is 1. The number of rotatable bonds is 5. The predicted octanol–water partition coefficient (Wildman–Crippen LogP) is 4.34. The van der Waals surface area contributed by atoms with Crippen molar-refractivity contribution in [1.82, 2.24) is 9.80 Å². The molecule has 1 saturated heterocycles. The highest BCUT2D eigenvalue weighted by Crippen LogP contribution is 2.30. The highest BCUT2D eigenvalue weighted by atomic mass is 79.9. The van der Waals surface area contributed by atoms with Crippen LogP contribution in [0.25, 0.3) is 0 Å². The van der Waals surface area contributed by atoms with Crippen molar-refractivity contribution >= 4 is 45.0 Å². The van der Waals surface area contributed by atoms with Gasteiger partial charge in [0.05, 0.1) is 5.69 Å². The molecule has 2 aliphatic heterocycles. The quantitative estimate of drug-likeness (QED) is 0.473. The standard InChI is InChI=1S/C24H27BrN4O3/c1-15-3-2-4-17-14-29(24(32)27-23(15)17)18-9-11-28(12-10-18)22(31)8-7-21(30)16-5-6-20(26)19(25)13-16/h2-6,13,18H,7-12,14,26H2,1H3,(H,27,32). The number of urea groups is 1. The third kappa shape index (κ3) is 4.65. The number of Topliss-reactive ketones (excluding diaryl/α,β-unsaturated/α-hetero) is 1. The van der Waals surface area contributed by atoms with E-state index in [1.165, 1.54) is 0 Å². The van der Waals surface area contributed by atoms with Gasteiger partial charge < -0.3 is 20.9 Å². The molecule has 0 aliphatic carbocycles. The highest BCUT2D eigenvalue weighted by molar-refractivity contribution is 9.10.